The molecule has 0 unspecified atom stereocenters. The molecule has 2 aromatic rings. The molecule has 0 aromatic heterocycles. The largest absolute Gasteiger partial charge is 0.326 e. The van der Waals surface area contributed by atoms with E-state index in [1.165, 1.54) is 6.92 Å². The molecular formula is C19H21BrN2O2. The van der Waals surface area contributed by atoms with Crippen molar-refractivity contribution in [2.24, 2.45) is 0 Å². The second-order valence-electron chi connectivity index (χ2n) is 5.71. The molecule has 24 heavy (non-hydrogen) atoms. The van der Waals surface area contributed by atoms with Gasteiger partial charge in [0.2, 0.25) is 11.8 Å². The van der Waals surface area contributed by atoms with Gasteiger partial charge < -0.3 is 10.2 Å². The third kappa shape index (κ3) is 4.68. The molecule has 0 aliphatic rings. The summed E-state index contributed by atoms with van der Waals surface area (Å²) >= 11 is 3.42. The molecule has 2 aromatic carbocycles. The van der Waals surface area contributed by atoms with Crippen LogP contribution in [0.25, 0.3) is 0 Å². The average molecular weight is 389 g/mol. The fraction of sp³-hybridized carbons (Fsp3) is 0.263. The van der Waals surface area contributed by atoms with Crippen LogP contribution in [0.4, 0.5) is 11.4 Å². The third-order valence-electron chi connectivity index (χ3n) is 3.81. The van der Waals surface area contributed by atoms with Crippen molar-refractivity contribution in [1.29, 1.82) is 0 Å². The topological polar surface area (TPSA) is 49.4 Å². The van der Waals surface area contributed by atoms with Gasteiger partial charge in [-0.1, -0.05) is 34.1 Å². The number of nitrogens with zero attached hydrogens (tertiary/aromatic N) is 1. The number of halogens is 1. The maximum atomic E-state index is 12.2. The maximum absolute atomic E-state index is 12.2. The van der Waals surface area contributed by atoms with E-state index in [0.29, 0.717) is 6.54 Å². The lowest BCUT2D eigenvalue weighted by molar-refractivity contribution is -0.117. The summed E-state index contributed by atoms with van der Waals surface area (Å²) in [5, 5.41) is 2.90. The highest BCUT2D eigenvalue weighted by molar-refractivity contribution is 9.10. The molecule has 0 heterocycles. The van der Waals surface area contributed by atoms with Gasteiger partial charge in [-0.25, -0.2) is 0 Å². The molecule has 0 bridgehead atoms. The second kappa shape index (κ2) is 8.11. The van der Waals surface area contributed by atoms with E-state index in [9.17, 15) is 9.59 Å². The summed E-state index contributed by atoms with van der Waals surface area (Å²) in [5.74, 6) is -0.186. The Labute approximate surface area is 151 Å². The lowest BCUT2D eigenvalue weighted by Gasteiger charge is -2.23. The lowest BCUT2D eigenvalue weighted by atomic mass is 10.1. The molecule has 0 radical (unpaired) electrons. The van der Waals surface area contributed by atoms with Crippen molar-refractivity contribution in [2.75, 3.05) is 16.8 Å². The van der Waals surface area contributed by atoms with Gasteiger partial charge in [0.1, 0.15) is 0 Å². The van der Waals surface area contributed by atoms with E-state index in [2.05, 4.69) is 21.2 Å². The fourth-order valence-corrected chi connectivity index (χ4v) is 2.98. The Hall–Kier alpha value is -2.14. The zero-order valence-electron chi connectivity index (χ0n) is 14.1. The number of hydrogen-bond donors (Lipinski definition) is 1. The van der Waals surface area contributed by atoms with E-state index in [1.54, 1.807) is 4.90 Å². The smallest absolute Gasteiger partial charge is 0.226 e. The molecule has 0 aliphatic carbocycles. The number of amides is 2. The first kappa shape index (κ1) is 18.2. The molecule has 0 fully saturated rings. The highest BCUT2D eigenvalue weighted by atomic mass is 79.9. The number of carbonyl (C=O) groups is 2. The minimum absolute atomic E-state index is 0.0795. The van der Waals surface area contributed by atoms with Crippen molar-refractivity contribution in [1.82, 2.24) is 0 Å². The Morgan fingerprint density at radius 2 is 1.79 bits per heavy atom. The summed E-state index contributed by atoms with van der Waals surface area (Å²) in [6.45, 7) is 5.75. The first-order valence-electron chi connectivity index (χ1n) is 7.78. The predicted molar refractivity (Wildman–Crippen MR) is 101 cm³/mol. The molecule has 0 saturated carbocycles. The van der Waals surface area contributed by atoms with Crippen LogP contribution in [-0.4, -0.2) is 18.4 Å². The van der Waals surface area contributed by atoms with Crippen LogP contribution < -0.4 is 10.2 Å². The maximum Gasteiger partial charge on any atom is 0.226 e. The number of carbonyl (C=O) groups excluding carboxylic acids is 2. The van der Waals surface area contributed by atoms with Crippen molar-refractivity contribution in [3.05, 3.63) is 58.1 Å². The molecule has 1 N–H and O–H groups in total. The molecule has 0 spiro atoms. The molecular weight excluding hydrogens is 368 g/mol. The van der Waals surface area contributed by atoms with Crippen molar-refractivity contribution >= 4 is 39.1 Å². The lowest BCUT2D eigenvalue weighted by Crippen LogP contribution is -2.32. The van der Waals surface area contributed by atoms with Gasteiger partial charge in [-0.3, -0.25) is 9.59 Å². The Morgan fingerprint density at radius 1 is 1.08 bits per heavy atom. The van der Waals surface area contributed by atoms with Gasteiger partial charge in [0, 0.05) is 35.7 Å². The van der Waals surface area contributed by atoms with Crippen molar-refractivity contribution in [3.8, 4) is 0 Å². The highest BCUT2D eigenvalue weighted by Gasteiger charge is 2.16. The van der Waals surface area contributed by atoms with E-state index >= 15 is 0 Å². The van der Waals surface area contributed by atoms with Gasteiger partial charge in [-0.05, 0) is 49.2 Å². The molecule has 0 atom stereocenters. The van der Waals surface area contributed by atoms with Crippen LogP contribution >= 0.6 is 15.9 Å². The summed E-state index contributed by atoms with van der Waals surface area (Å²) in [4.78, 5) is 25.8. The zero-order valence-corrected chi connectivity index (χ0v) is 15.7. The summed E-state index contributed by atoms with van der Waals surface area (Å²) in [5.41, 5.74) is 3.63. The molecule has 2 amide bonds. The predicted octanol–water partition coefficient (Wildman–Crippen LogP) is 4.45. The minimum atomic E-state index is -0.106. The second-order valence-corrected chi connectivity index (χ2v) is 6.63. The van der Waals surface area contributed by atoms with Gasteiger partial charge in [-0.2, -0.15) is 0 Å². The Bertz CT molecular complexity index is 759. The number of rotatable bonds is 5. The van der Waals surface area contributed by atoms with E-state index < -0.39 is 0 Å². The molecule has 0 aliphatic heterocycles. The molecule has 4 nitrogen and oxygen atoms in total. The highest BCUT2D eigenvalue weighted by Crippen LogP contribution is 2.24. The normalized spacial score (nSPS) is 10.3. The van der Waals surface area contributed by atoms with Gasteiger partial charge >= 0.3 is 0 Å². The fourth-order valence-electron chi connectivity index (χ4n) is 2.51. The van der Waals surface area contributed by atoms with Crippen LogP contribution in [0.15, 0.2) is 46.9 Å². The molecule has 5 heteroatoms. The first-order valence-corrected chi connectivity index (χ1v) is 8.57. The van der Waals surface area contributed by atoms with E-state index in [1.807, 2.05) is 56.3 Å². The van der Waals surface area contributed by atoms with Crippen LogP contribution in [0.1, 0.15) is 24.5 Å². The van der Waals surface area contributed by atoms with Crippen LogP contribution in [-0.2, 0) is 9.59 Å². The zero-order chi connectivity index (χ0) is 17.7. The van der Waals surface area contributed by atoms with Gasteiger partial charge in [-0.15, -0.1) is 0 Å². The number of aryl methyl sites for hydroxylation is 2. The van der Waals surface area contributed by atoms with Crippen LogP contribution in [0, 0.1) is 13.8 Å². The summed E-state index contributed by atoms with van der Waals surface area (Å²) in [6.07, 6.45) is 0.240. The quantitative estimate of drug-likeness (QED) is 0.822. The summed E-state index contributed by atoms with van der Waals surface area (Å²) < 4.78 is 0.963. The van der Waals surface area contributed by atoms with Gasteiger partial charge in [0.15, 0.2) is 0 Å². The van der Waals surface area contributed by atoms with E-state index in [0.717, 1.165) is 27.0 Å². The Balaban J connectivity index is 2.05. The standard InChI is InChI=1S/C19H21BrN2O2/c1-13-6-4-5-7-17(13)21-19(24)10-11-22(15(3)23)18-9-8-16(20)12-14(18)2/h4-9,12H,10-11H2,1-3H3,(H,21,24). The molecule has 0 saturated heterocycles. The van der Waals surface area contributed by atoms with Crippen LogP contribution in [0.2, 0.25) is 0 Å². The Kier molecular flexibility index (Phi) is 6.15. The minimum Gasteiger partial charge on any atom is -0.326 e. The molecule has 2 rings (SSSR count). The SMILES string of the molecule is CC(=O)N(CCC(=O)Nc1ccccc1C)c1ccc(Br)cc1C. The third-order valence-corrected chi connectivity index (χ3v) is 4.30. The number of benzene rings is 2. The number of nitrogens with one attached hydrogen (secondary N) is 1. The van der Waals surface area contributed by atoms with Gasteiger partial charge in [0.25, 0.3) is 0 Å². The molecule has 126 valence electrons. The number of hydrogen-bond acceptors (Lipinski definition) is 2. The van der Waals surface area contributed by atoms with Crippen LogP contribution in [0.3, 0.4) is 0 Å². The average Bonchev–Trinajstić information content (AvgIpc) is 2.51. The van der Waals surface area contributed by atoms with Crippen molar-refractivity contribution < 1.29 is 9.59 Å². The number of para-hydroxylation sites is 1. The van der Waals surface area contributed by atoms with E-state index in [-0.39, 0.29) is 18.2 Å². The Morgan fingerprint density at radius 3 is 2.42 bits per heavy atom. The monoisotopic (exact) mass is 388 g/mol. The first-order chi connectivity index (χ1) is 11.4. The summed E-state index contributed by atoms with van der Waals surface area (Å²) in [6, 6.07) is 13.4. The van der Waals surface area contributed by atoms with Crippen LogP contribution in [0.5, 0.6) is 0 Å². The van der Waals surface area contributed by atoms with Gasteiger partial charge in [0.05, 0.1) is 0 Å². The van der Waals surface area contributed by atoms with Crippen molar-refractivity contribution in [3.63, 3.8) is 0 Å². The van der Waals surface area contributed by atoms with E-state index in [4.69, 9.17) is 0 Å². The van der Waals surface area contributed by atoms with Crippen molar-refractivity contribution in [2.45, 2.75) is 27.2 Å². The summed E-state index contributed by atoms with van der Waals surface area (Å²) in [7, 11) is 0. The number of anilines is 2.